The molecule has 4 N–H and O–H groups in total. The predicted octanol–water partition coefficient (Wildman–Crippen LogP) is 2.08. The van der Waals surface area contributed by atoms with Crippen LogP contribution in [0.4, 0.5) is 0 Å². The second kappa shape index (κ2) is 9.35. The number of rotatable bonds is 6. The maximum atomic E-state index is 12.9. The molecule has 0 spiro atoms. The van der Waals surface area contributed by atoms with Crippen molar-refractivity contribution >= 4 is 32.4 Å². The highest BCUT2D eigenvalue weighted by Crippen LogP contribution is 2.15. The molecule has 4 rings (SSSR count). The number of H-pyrrole nitrogens is 2. The van der Waals surface area contributed by atoms with Crippen molar-refractivity contribution in [3.8, 4) is 11.4 Å². The minimum Gasteiger partial charge on any atom is -0.295 e. The Morgan fingerprint density at radius 1 is 0.676 bits per heavy atom. The largest absolute Gasteiger partial charge is 0.295 e. The van der Waals surface area contributed by atoms with E-state index in [4.69, 9.17) is 9.11 Å². The molecule has 2 aromatic carbocycles. The maximum absolute atomic E-state index is 12.9. The summed E-state index contributed by atoms with van der Waals surface area (Å²) in [6, 6.07) is 10.1. The molecule has 4 aromatic rings. The molecule has 0 aliphatic heterocycles. The molecule has 0 radical (unpaired) electrons. The standard InChI is InChI=1S/C23H20N4O8S2/c1-14-20(22(28)26(24-14)16-6-10-18(11-7-16)36(30,31)32)4-3-5-21-15(2)25-27(23(21)29)17-8-12-19(13-9-17)37(33,34)35/h4-13,24-25H,1-2H3,(H,30,31,32)(H,33,34,35). The van der Waals surface area contributed by atoms with E-state index in [-0.39, 0.29) is 20.9 Å². The average molecular weight is 545 g/mol. The monoisotopic (exact) mass is 544 g/mol. The van der Waals surface area contributed by atoms with Gasteiger partial charge in [-0.1, -0.05) is 0 Å². The summed E-state index contributed by atoms with van der Waals surface area (Å²) in [6.07, 6.45) is 2.79. The summed E-state index contributed by atoms with van der Waals surface area (Å²) in [4.78, 5) is 25.1. The SMILES string of the molecule is Cc1[nH]n(-c2ccc(S(=O)(=O)O)cc2)c(=O)c1C=C=Cc1c(C)[nH]n(-c2ccc(S(=O)(=O)O)cc2)c1=O. The Bertz CT molecular complexity index is 1760. The van der Waals surface area contributed by atoms with Crippen LogP contribution in [0.25, 0.3) is 23.5 Å². The van der Waals surface area contributed by atoms with Gasteiger partial charge in [0, 0.05) is 11.4 Å². The fraction of sp³-hybridized carbons (Fsp3) is 0.0870. The van der Waals surface area contributed by atoms with E-state index in [1.54, 1.807) is 13.8 Å². The smallest absolute Gasteiger partial charge is 0.294 e. The minimum atomic E-state index is -4.37. The zero-order valence-electron chi connectivity index (χ0n) is 19.3. The van der Waals surface area contributed by atoms with Crippen molar-refractivity contribution < 1.29 is 25.9 Å². The Balaban J connectivity index is 1.66. The summed E-state index contributed by atoms with van der Waals surface area (Å²) < 4.78 is 65.5. The first-order valence-corrected chi connectivity index (χ1v) is 13.4. The van der Waals surface area contributed by atoms with Gasteiger partial charge in [-0.15, -0.1) is 5.73 Å². The summed E-state index contributed by atoms with van der Waals surface area (Å²) in [5.41, 5.74) is 4.11. The van der Waals surface area contributed by atoms with Crippen LogP contribution >= 0.6 is 0 Å². The summed E-state index contributed by atoms with van der Waals surface area (Å²) in [5.74, 6) is 0. The third kappa shape index (κ3) is 5.18. The fourth-order valence-corrected chi connectivity index (χ4v) is 4.53. The fourth-order valence-electron chi connectivity index (χ4n) is 3.57. The number of nitrogens with zero attached hydrogens (tertiary/aromatic N) is 2. The lowest BCUT2D eigenvalue weighted by molar-refractivity contribution is 0.481. The molecular formula is C23H20N4O8S2. The van der Waals surface area contributed by atoms with Crippen LogP contribution in [0, 0.1) is 13.8 Å². The van der Waals surface area contributed by atoms with E-state index >= 15 is 0 Å². The number of hydrogen-bond acceptors (Lipinski definition) is 6. The Morgan fingerprint density at radius 2 is 1.00 bits per heavy atom. The molecule has 2 aromatic heterocycles. The van der Waals surface area contributed by atoms with Crippen LogP contribution in [0.5, 0.6) is 0 Å². The van der Waals surface area contributed by atoms with Gasteiger partial charge < -0.3 is 0 Å². The van der Waals surface area contributed by atoms with Crippen LogP contribution in [0.3, 0.4) is 0 Å². The van der Waals surface area contributed by atoms with Gasteiger partial charge in [0.2, 0.25) is 0 Å². The first kappa shape index (κ1) is 25.9. The first-order chi connectivity index (χ1) is 17.3. The van der Waals surface area contributed by atoms with E-state index < -0.39 is 31.4 Å². The van der Waals surface area contributed by atoms with E-state index in [0.717, 1.165) is 0 Å². The van der Waals surface area contributed by atoms with Crippen LogP contribution in [0.1, 0.15) is 22.5 Å². The molecule has 37 heavy (non-hydrogen) atoms. The molecule has 0 aliphatic carbocycles. The van der Waals surface area contributed by atoms with Crippen molar-refractivity contribution in [1.29, 1.82) is 0 Å². The van der Waals surface area contributed by atoms with Gasteiger partial charge in [0.15, 0.2) is 0 Å². The molecule has 14 heteroatoms. The molecule has 2 heterocycles. The maximum Gasteiger partial charge on any atom is 0.294 e. The van der Waals surface area contributed by atoms with Gasteiger partial charge in [-0.25, -0.2) is 9.36 Å². The van der Waals surface area contributed by atoms with Crippen LogP contribution in [0.2, 0.25) is 0 Å². The van der Waals surface area contributed by atoms with Crippen LogP contribution < -0.4 is 11.1 Å². The third-order valence-electron chi connectivity index (χ3n) is 5.47. The van der Waals surface area contributed by atoms with Crippen molar-refractivity contribution in [1.82, 2.24) is 19.6 Å². The number of hydrogen-bond donors (Lipinski definition) is 4. The summed E-state index contributed by atoms with van der Waals surface area (Å²) >= 11 is 0. The molecule has 0 bridgehead atoms. The molecule has 0 amide bonds. The quantitative estimate of drug-likeness (QED) is 0.210. The molecule has 0 unspecified atom stereocenters. The highest BCUT2D eigenvalue weighted by molar-refractivity contribution is 7.86. The number of aromatic nitrogens is 4. The second-order valence-corrected chi connectivity index (χ2v) is 10.8. The van der Waals surface area contributed by atoms with E-state index in [9.17, 15) is 26.4 Å². The zero-order chi connectivity index (χ0) is 27.1. The number of aromatic amines is 2. The van der Waals surface area contributed by atoms with E-state index in [1.165, 1.54) is 70.0 Å². The molecule has 0 atom stereocenters. The minimum absolute atomic E-state index is 0.254. The van der Waals surface area contributed by atoms with Crippen LogP contribution in [-0.2, 0) is 20.2 Å². The number of nitrogens with one attached hydrogen (secondary N) is 2. The van der Waals surface area contributed by atoms with Crippen LogP contribution in [-0.4, -0.2) is 45.5 Å². The normalized spacial score (nSPS) is 11.8. The lowest BCUT2D eigenvalue weighted by Crippen LogP contribution is -2.16. The zero-order valence-corrected chi connectivity index (χ0v) is 21.0. The number of benzene rings is 2. The summed E-state index contributed by atoms with van der Waals surface area (Å²) in [6.45, 7) is 3.31. The van der Waals surface area contributed by atoms with E-state index in [2.05, 4.69) is 15.9 Å². The summed E-state index contributed by atoms with van der Waals surface area (Å²) in [7, 11) is -8.73. The van der Waals surface area contributed by atoms with E-state index in [1.807, 2.05) is 0 Å². The van der Waals surface area contributed by atoms with Crippen molar-refractivity contribution in [2.75, 3.05) is 0 Å². The molecule has 192 valence electrons. The highest BCUT2D eigenvalue weighted by atomic mass is 32.2. The van der Waals surface area contributed by atoms with Gasteiger partial charge in [-0.3, -0.25) is 28.9 Å². The van der Waals surface area contributed by atoms with Crippen LogP contribution in [0.15, 0.2) is 73.6 Å². The topological polar surface area (TPSA) is 184 Å². The lowest BCUT2D eigenvalue weighted by Gasteiger charge is -2.02. The van der Waals surface area contributed by atoms with Crippen molar-refractivity contribution in [2.24, 2.45) is 0 Å². The molecule has 12 nitrogen and oxygen atoms in total. The second-order valence-electron chi connectivity index (χ2n) is 7.98. The first-order valence-electron chi connectivity index (χ1n) is 10.5. The number of aryl methyl sites for hydroxylation is 2. The lowest BCUT2D eigenvalue weighted by atomic mass is 10.2. The molecule has 0 aliphatic rings. The Labute approximate surface area is 210 Å². The molecule has 0 saturated carbocycles. The van der Waals surface area contributed by atoms with E-state index in [0.29, 0.717) is 22.8 Å². The third-order valence-corrected chi connectivity index (χ3v) is 7.21. The van der Waals surface area contributed by atoms with Gasteiger partial charge in [-0.2, -0.15) is 16.8 Å². The van der Waals surface area contributed by atoms with Crippen molar-refractivity contribution in [3.05, 3.63) is 97.5 Å². The molecular weight excluding hydrogens is 524 g/mol. The predicted molar refractivity (Wildman–Crippen MR) is 134 cm³/mol. The van der Waals surface area contributed by atoms with Gasteiger partial charge in [-0.05, 0) is 74.5 Å². The van der Waals surface area contributed by atoms with Crippen molar-refractivity contribution in [3.63, 3.8) is 0 Å². The van der Waals surface area contributed by atoms with Gasteiger partial charge in [0.05, 0.1) is 32.3 Å². The van der Waals surface area contributed by atoms with Crippen molar-refractivity contribution in [2.45, 2.75) is 23.6 Å². The molecule has 0 saturated heterocycles. The Kier molecular flexibility index (Phi) is 6.54. The van der Waals surface area contributed by atoms with Gasteiger partial charge in [0.25, 0.3) is 31.4 Å². The highest BCUT2D eigenvalue weighted by Gasteiger charge is 2.14. The van der Waals surface area contributed by atoms with Gasteiger partial charge >= 0.3 is 0 Å². The average Bonchev–Trinajstić information content (AvgIpc) is 3.28. The summed E-state index contributed by atoms with van der Waals surface area (Å²) in [5, 5.41) is 5.75. The molecule has 0 fully saturated rings. The Morgan fingerprint density at radius 3 is 1.30 bits per heavy atom. The Hall–Kier alpha value is -4.20. The van der Waals surface area contributed by atoms with Gasteiger partial charge in [0.1, 0.15) is 0 Å².